The van der Waals surface area contributed by atoms with Crippen molar-refractivity contribution < 1.29 is 18.4 Å². The molecule has 3 aromatic rings. The summed E-state index contributed by atoms with van der Waals surface area (Å²) in [4.78, 5) is 18.2. The minimum Gasteiger partial charge on any atom is -0.497 e. The Morgan fingerprint density at radius 1 is 1.30 bits per heavy atom. The first kappa shape index (κ1) is 17.5. The summed E-state index contributed by atoms with van der Waals surface area (Å²) in [5.74, 6) is 0.383. The number of ether oxygens (including phenoxy) is 1. The highest BCUT2D eigenvalue weighted by Gasteiger charge is 2.36. The minimum atomic E-state index is -0.504. The molecular formula is C19H15ClFN3O3. The van der Waals surface area contributed by atoms with Gasteiger partial charge in [-0.1, -0.05) is 28.9 Å². The van der Waals surface area contributed by atoms with Crippen LogP contribution < -0.4 is 9.64 Å². The van der Waals surface area contributed by atoms with E-state index in [0.717, 1.165) is 5.56 Å². The summed E-state index contributed by atoms with van der Waals surface area (Å²) in [6, 6.07) is 11.4. The predicted molar refractivity (Wildman–Crippen MR) is 97.4 cm³/mol. The second kappa shape index (κ2) is 7.00. The number of rotatable bonds is 4. The lowest BCUT2D eigenvalue weighted by molar-refractivity contribution is -0.117. The van der Waals surface area contributed by atoms with Gasteiger partial charge in [-0.15, -0.1) is 0 Å². The average molecular weight is 388 g/mol. The van der Waals surface area contributed by atoms with E-state index in [4.69, 9.17) is 20.9 Å². The van der Waals surface area contributed by atoms with E-state index >= 15 is 0 Å². The number of aromatic nitrogens is 2. The third-order valence-corrected chi connectivity index (χ3v) is 4.68. The Balaban J connectivity index is 1.58. The molecule has 27 heavy (non-hydrogen) atoms. The Labute approximate surface area is 159 Å². The lowest BCUT2D eigenvalue weighted by Crippen LogP contribution is -2.25. The van der Waals surface area contributed by atoms with Crippen molar-refractivity contribution in [2.75, 3.05) is 18.6 Å². The first-order valence-corrected chi connectivity index (χ1v) is 8.66. The Bertz CT molecular complexity index is 1010. The summed E-state index contributed by atoms with van der Waals surface area (Å²) in [6.07, 6.45) is 0.158. The number of anilines is 1. The van der Waals surface area contributed by atoms with Gasteiger partial charge in [0, 0.05) is 23.6 Å². The summed E-state index contributed by atoms with van der Waals surface area (Å²) in [5.41, 5.74) is 0.897. The topological polar surface area (TPSA) is 68.5 Å². The summed E-state index contributed by atoms with van der Waals surface area (Å²) in [7, 11) is 1.58. The van der Waals surface area contributed by atoms with Crippen LogP contribution in [0, 0.1) is 5.82 Å². The maximum absolute atomic E-state index is 14.1. The molecule has 0 saturated carbocycles. The van der Waals surface area contributed by atoms with E-state index in [2.05, 4.69) is 10.1 Å². The van der Waals surface area contributed by atoms with Gasteiger partial charge in [0.05, 0.1) is 18.7 Å². The molecule has 1 aliphatic heterocycles. The molecule has 1 saturated heterocycles. The summed E-state index contributed by atoms with van der Waals surface area (Å²) < 4.78 is 24.7. The smallest absolute Gasteiger partial charge is 0.232 e. The lowest BCUT2D eigenvalue weighted by Gasteiger charge is -2.17. The number of methoxy groups -OCH3 is 1. The van der Waals surface area contributed by atoms with Crippen LogP contribution in [0.1, 0.15) is 18.2 Å². The molecule has 1 aliphatic rings. The van der Waals surface area contributed by atoms with Gasteiger partial charge in [0.25, 0.3) is 0 Å². The van der Waals surface area contributed by atoms with Crippen molar-refractivity contribution >= 4 is 23.2 Å². The van der Waals surface area contributed by atoms with Gasteiger partial charge in [0.1, 0.15) is 11.6 Å². The molecule has 0 aliphatic carbocycles. The van der Waals surface area contributed by atoms with Crippen molar-refractivity contribution in [3.05, 3.63) is 59.2 Å². The summed E-state index contributed by atoms with van der Waals surface area (Å²) >= 11 is 5.94. The molecule has 0 spiro atoms. The molecular weight excluding hydrogens is 373 g/mol. The highest BCUT2D eigenvalue weighted by atomic mass is 35.5. The third-order valence-electron chi connectivity index (χ3n) is 4.44. The van der Waals surface area contributed by atoms with E-state index in [-0.39, 0.29) is 30.5 Å². The number of halogens is 2. The van der Waals surface area contributed by atoms with Crippen LogP contribution in [-0.4, -0.2) is 29.7 Å². The van der Waals surface area contributed by atoms with Gasteiger partial charge in [-0.05, 0) is 30.3 Å². The molecule has 6 nitrogen and oxygen atoms in total. The quantitative estimate of drug-likeness (QED) is 0.675. The number of amides is 1. The maximum atomic E-state index is 14.1. The first-order chi connectivity index (χ1) is 13.0. The Hall–Kier alpha value is -2.93. The molecule has 138 valence electrons. The summed E-state index contributed by atoms with van der Waals surface area (Å²) in [6.45, 7) is 0.246. The van der Waals surface area contributed by atoms with Crippen LogP contribution in [0.4, 0.5) is 10.1 Å². The zero-order valence-electron chi connectivity index (χ0n) is 14.4. The molecule has 0 N–H and O–H groups in total. The maximum Gasteiger partial charge on any atom is 0.232 e. The zero-order valence-corrected chi connectivity index (χ0v) is 15.1. The van der Waals surface area contributed by atoms with Crippen molar-refractivity contribution in [1.82, 2.24) is 10.1 Å². The van der Waals surface area contributed by atoms with E-state index in [1.807, 2.05) is 18.2 Å². The number of carbonyl (C=O) groups excluding carboxylic acids is 1. The standard InChI is InChI=1S/C19H15ClFN3O3/c1-26-14-4-2-3-11(7-14)18-22-19(27-23-18)12-8-17(25)24(10-12)16-9-13(20)5-6-15(16)21/h2-7,9,12H,8,10H2,1H3. The van der Waals surface area contributed by atoms with Crippen molar-refractivity contribution in [2.24, 2.45) is 0 Å². The van der Waals surface area contributed by atoms with Gasteiger partial charge >= 0.3 is 0 Å². The number of carbonyl (C=O) groups is 1. The molecule has 1 amide bonds. The van der Waals surface area contributed by atoms with E-state index in [1.165, 1.54) is 23.1 Å². The monoisotopic (exact) mass is 387 g/mol. The van der Waals surface area contributed by atoms with Crippen molar-refractivity contribution in [3.8, 4) is 17.1 Å². The van der Waals surface area contributed by atoms with Gasteiger partial charge in [0.2, 0.25) is 17.6 Å². The van der Waals surface area contributed by atoms with Gasteiger partial charge in [0.15, 0.2) is 0 Å². The van der Waals surface area contributed by atoms with Crippen molar-refractivity contribution in [1.29, 1.82) is 0 Å². The fourth-order valence-corrected chi connectivity index (χ4v) is 3.25. The van der Waals surface area contributed by atoms with Crippen LogP contribution >= 0.6 is 11.6 Å². The predicted octanol–water partition coefficient (Wildman–Crippen LogP) is 4.06. The van der Waals surface area contributed by atoms with Crippen LogP contribution in [0.2, 0.25) is 5.02 Å². The Morgan fingerprint density at radius 3 is 2.96 bits per heavy atom. The minimum absolute atomic E-state index is 0.155. The normalized spacial score (nSPS) is 16.8. The second-order valence-corrected chi connectivity index (χ2v) is 6.63. The van der Waals surface area contributed by atoms with Crippen LogP contribution in [0.3, 0.4) is 0 Å². The van der Waals surface area contributed by atoms with Crippen LogP contribution in [0.25, 0.3) is 11.4 Å². The molecule has 0 bridgehead atoms. The SMILES string of the molecule is COc1cccc(-c2noc(C3CC(=O)N(c4cc(Cl)ccc4F)C3)n2)c1. The molecule has 1 unspecified atom stereocenters. The Morgan fingerprint density at radius 2 is 2.15 bits per heavy atom. The van der Waals surface area contributed by atoms with Crippen LogP contribution in [-0.2, 0) is 4.79 Å². The van der Waals surface area contributed by atoms with Crippen LogP contribution in [0.5, 0.6) is 5.75 Å². The molecule has 1 aromatic heterocycles. The molecule has 4 rings (SSSR count). The highest BCUT2D eigenvalue weighted by Crippen LogP contribution is 2.34. The van der Waals surface area contributed by atoms with Gasteiger partial charge in [-0.25, -0.2) is 4.39 Å². The molecule has 8 heteroatoms. The number of benzene rings is 2. The van der Waals surface area contributed by atoms with Gasteiger partial charge < -0.3 is 14.2 Å². The lowest BCUT2D eigenvalue weighted by atomic mass is 10.1. The molecule has 1 atom stereocenters. The molecule has 2 heterocycles. The van der Waals surface area contributed by atoms with E-state index < -0.39 is 5.82 Å². The van der Waals surface area contributed by atoms with Crippen LogP contribution in [0.15, 0.2) is 47.0 Å². The fourth-order valence-electron chi connectivity index (χ4n) is 3.08. The van der Waals surface area contributed by atoms with Crippen molar-refractivity contribution in [2.45, 2.75) is 12.3 Å². The van der Waals surface area contributed by atoms with Gasteiger partial charge in [-0.2, -0.15) is 4.98 Å². The number of nitrogens with zero attached hydrogens (tertiary/aromatic N) is 3. The first-order valence-electron chi connectivity index (χ1n) is 8.28. The van der Waals surface area contributed by atoms with E-state index in [0.29, 0.717) is 22.5 Å². The largest absolute Gasteiger partial charge is 0.497 e. The average Bonchev–Trinajstić information content (AvgIpc) is 3.31. The van der Waals surface area contributed by atoms with E-state index in [1.54, 1.807) is 13.2 Å². The summed E-state index contributed by atoms with van der Waals surface area (Å²) in [5, 5.41) is 4.36. The third kappa shape index (κ3) is 3.38. The molecule has 0 radical (unpaired) electrons. The Kier molecular flexibility index (Phi) is 4.53. The second-order valence-electron chi connectivity index (χ2n) is 6.19. The number of hydrogen-bond donors (Lipinski definition) is 0. The molecule has 1 fully saturated rings. The number of hydrogen-bond acceptors (Lipinski definition) is 5. The fraction of sp³-hybridized carbons (Fsp3) is 0.211. The molecule has 2 aromatic carbocycles. The zero-order chi connectivity index (χ0) is 19.0. The van der Waals surface area contributed by atoms with Gasteiger partial charge in [-0.3, -0.25) is 4.79 Å². The highest BCUT2D eigenvalue weighted by molar-refractivity contribution is 6.31. The van der Waals surface area contributed by atoms with Crippen molar-refractivity contribution in [3.63, 3.8) is 0 Å². The van der Waals surface area contributed by atoms with E-state index in [9.17, 15) is 9.18 Å².